The van der Waals surface area contributed by atoms with E-state index in [2.05, 4.69) is 20.6 Å². The van der Waals surface area contributed by atoms with Crippen molar-refractivity contribution < 1.29 is 4.79 Å². The first-order chi connectivity index (χ1) is 11.6. The largest absolute Gasteiger partial charge is 0.292 e. The monoisotopic (exact) mass is 321 g/mol. The highest BCUT2D eigenvalue weighted by Gasteiger charge is 2.15. The standard InChI is InChI=1S/C17H15N5O2/c1-11(14-9-5-6-10-18-14)19-20-16(23)15-12-7-3-4-8-13(12)17(24)22(2)21-15/h3-10H,1-2H3,(H,20,23)/b19-11-. The molecule has 0 aliphatic rings. The second kappa shape index (κ2) is 6.41. The molecule has 0 fully saturated rings. The third-order valence-electron chi connectivity index (χ3n) is 3.53. The summed E-state index contributed by atoms with van der Waals surface area (Å²) in [6, 6.07) is 12.3. The van der Waals surface area contributed by atoms with Crippen molar-refractivity contribution in [2.45, 2.75) is 6.92 Å². The second-order valence-electron chi connectivity index (χ2n) is 5.18. The summed E-state index contributed by atoms with van der Waals surface area (Å²) < 4.78 is 1.15. The average Bonchev–Trinajstić information content (AvgIpc) is 2.63. The van der Waals surface area contributed by atoms with Crippen LogP contribution in [-0.2, 0) is 7.05 Å². The Morgan fingerprint density at radius 3 is 2.54 bits per heavy atom. The SMILES string of the molecule is C/C(=N/NC(=O)c1nn(C)c(=O)c2ccccc12)c1ccccn1. The lowest BCUT2D eigenvalue weighted by molar-refractivity contribution is 0.0949. The van der Waals surface area contributed by atoms with Crippen molar-refractivity contribution >= 4 is 22.4 Å². The molecular formula is C17H15N5O2. The lowest BCUT2D eigenvalue weighted by atomic mass is 10.1. The molecule has 0 unspecified atom stereocenters. The van der Waals surface area contributed by atoms with Gasteiger partial charge in [0.2, 0.25) is 0 Å². The minimum atomic E-state index is -0.489. The topological polar surface area (TPSA) is 89.2 Å². The molecule has 2 heterocycles. The zero-order valence-corrected chi connectivity index (χ0v) is 13.2. The van der Waals surface area contributed by atoms with Crippen molar-refractivity contribution in [1.29, 1.82) is 0 Å². The summed E-state index contributed by atoms with van der Waals surface area (Å²) in [7, 11) is 1.51. The molecule has 0 radical (unpaired) electrons. The molecule has 0 saturated heterocycles. The van der Waals surface area contributed by atoms with Gasteiger partial charge in [0.05, 0.1) is 16.8 Å². The van der Waals surface area contributed by atoms with Gasteiger partial charge in [0.1, 0.15) is 0 Å². The normalized spacial score (nSPS) is 11.5. The second-order valence-corrected chi connectivity index (χ2v) is 5.18. The van der Waals surface area contributed by atoms with E-state index < -0.39 is 5.91 Å². The molecule has 3 rings (SSSR count). The highest BCUT2D eigenvalue weighted by Crippen LogP contribution is 2.12. The van der Waals surface area contributed by atoms with Gasteiger partial charge in [-0.3, -0.25) is 14.6 Å². The number of aryl methyl sites for hydroxylation is 1. The van der Waals surface area contributed by atoms with Gasteiger partial charge in [-0.05, 0) is 25.1 Å². The molecular weight excluding hydrogens is 306 g/mol. The maximum atomic E-state index is 12.4. The molecule has 2 aromatic heterocycles. The van der Waals surface area contributed by atoms with Crippen LogP contribution in [0.1, 0.15) is 23.1 Å². The quantitative estimate of drug-likeness (QED) is 0.584. The summed E-state index contributed by atoms with van der Waals surface area (Å²) in [5, 5.41) is 9.04. The van der Waals surface area contributed by atoms with Crippen LogP contribution in [0.2, 0.25) is 0 Å². The number of hydrazone groups is 1. The minimum absolute atomic E-state index is 0.144. The van der Waals surface area contributed by atoms with E-state index in [1.807, 2.05) is 6.07 Å². The van der Waals surface area contributed by atoms with Crippen LogP contribution in [0.3, 0.4) is 0 Å². The molecule has 120 valence electrons. The van der Waals surface area contributed by atoms with Gasteiger partial charge < -0.3 is 0 Å². The van der Waals surface area contributed by atoms with Crippen LogP contribution in [-0.4, -0.2) is 26.4 Å². The molecule has 1 aromatic carbocycles. The summed E-state index contributed by atoms with van der Waals surface area (Å²) in [6.07, 6.45) is 1.65. The fraction of sp³-hybridized carbons (Fsp3) is 0.118. The van der Waals surface area contributed by atoms with E-state index in [1.54, 1.807) is 49.5 Å². The summed E-state index contributed by atoms with van der Waals surface area (Å²) in [5.41, 5.74) is 3.59. The number of benzene rings is 1. The van der Waals surface area contributed by atoms with E-state index in [9.17, 15) is 9.59 Å². The van der Waals surface area contributed by atoms with Crippen LogP contribution in [0.25, 0.3) is 10.8 Å². The van der Waals surface area contributed by atoms with E-state index in [1.165, 1.54) is 7.05 Å². The van der Waals surface area contributed by atoms with Gasteiger partial charge in [-0.25, -0.2) is 10.1 Å². The average molecular weight is 321 g/mol. The number of hydrogen-bond acceptors (Lipinski definition) is 5. The Hall–Kier alpha value is -3.35. The predicted octanol–water partition coefficient (Wildman–Crippen LogP) is 1.48. The van der Waals surface area contributed by atoms with E-state index in [0.29, 0.717) is 22.2 Å². The van der Waals surface area contributed by atoms with Crippen LogP contribution in [0, 0.1) is 0 Å². The number of hydrogen-bond donors (Lipinski definition) is 1. The van der Waals surface area contributed by atoms with Gasteiger partial charge in [-0.15, -0.1) is 0 Å². The Balaban J connectivity index is 1.95. The van der Waals surface area contributed by atoms with Gasteiger partial charge in [-0.1, -0.05) is 24.3 Å². The lowest BCUT2D eigenvalue weighted by Gasteiger charge is -2.07. The van der Waals surface area contributed by atoms with E-state index in [-0.39, 0.29) is 11.3 Å². The smallest absolute Gasteiger partial charge is 0.267 e. The first kappa shape index (κ1) is 15.5. The Labute approximate surface area is 137 Å². The Bertz CT molecular complexity index is 993. The van der Waals surface area contributed by atoms with Gasteiger partial charge >= 0.3 is 0 Å². The summed E-state index contributed by atoms with van der Waals surface area (Å²) in [4.78, 5) is 28.7. The van der Waals surface area contributed by atoms with Crippen LogP contribution >= 0.6 is 0 Å². The molecule has 0 bridgehead atoms. The molecule has 3 aromatic rings. The molecule has 0 saturated carbocycles. The van der Waals surface area contributed by atoms with Crippen LogP contribution in [0.5, 0.6) is 0 Å². The maximum Gasteiger partial charge on any atom is 0.292 e. The number of carbonyl (C=O) groups excluding carboxylic acids is 1. The fourth-order valence-electron chi connectivity index (χ4n) is 2.29. The first-order valence-corrected chi connectivity index (χ1v) is 7.30. The summed E-state index contributed by atoms with van der Waals surface area (Å²) in [6.45, 7) is 1.74. The Morgan fingerprint density at radius 2 is 1.83 bits per heavy atom. The molecule has 7 nitrogen and oxygen atoms in total. The summed E-state index contributed by atoms with van der Waals surface area (Å²) in [5.74, 6) is -0.489. The minimum Gasteiger partial charge on any atom is -0.267 e. The number of fused-ring (bicyclic) bond motifs is 1. The zero-order chi connectivity index (χ0) is 17.1. The Morgan fingerprint density at radius 1 is 1.12 bits per heavy atom. The number of pyridine rings is 1. The van der Waals surface area contributed by atoms with Crippen molar-refractivity contribution in [2.75, 3.05) is 0 Å². The molecule has 7 heteroatoms. The van der Waals surface area contributed by atoms with Gasteiger partial charge in [0, 0.05) is 18.6 Å². The lowest BCUT2D eigenvalue weighted by Crippen LogP contribution is -2.27. The molecule has 0 aliphatic heterocycles. The van der Waals surface area contributed by atoms with Gasteiger partial charge in [-0.2, -0.15) is 10.2 Å². The predicted molar refractivity (Wildman–Crippen MR) is 90.9 cm³/mol. The van der Waals surface area contributed by atoms with Crippen LogP contribution in [0.4, 0.5) is 0 Å². The maximum absolute atomic E-state index is 12.4. The van der Waals surface area contributed by atoms with Gasteiger partial charge in [0.15, 0.2) is 5.69 Å². The van der Waals surface area contributed by atoms with Crippen molar-refractivity contribution in [3.63, 3.8) is 0 Å². The van der Waals surface area contributed by atoms with E-state index in [4.69, 9.17) is 0 Å². The van der Waals surface area contributed by atoms with Crippen LogP contribution < -0.4 is 11.0 Å². The third kappa shape index (κ3) is 2.91. The fourth-order valence-corrected chi connectivity index (χ4v) is 2.29. The number of nitrogens with one attached hydrogen (secondary N) is 1. The third-order valence-corrected chi connectivity index (χ3v) is 3.53. The van der Waals surface area contributed by atoms with Crippen molar-refractivity contribution in [3.8, 4) is 0 Å². The summed E-state index contributed by atoms with van der Waals surface area (Å²) >= 11 is 0. The number of aromatic nitrogens is 3. The van der Waals surface area contributed by atoms with Crippen molar-refractivity contribution in [1.82, 2.24) is 20.2 Å². The van der Waals surface area contributed by atoms with E-state index >= 15 is 0 Å². The van der Waals surface area contributed by atoms with E-state index in [0.717, 1.165) is 4.68 Å². The molecule has 1 amide bonds. The highest BCUT2D eigenvalue weighted by atomic mass is 16.2. The molecule has 0 spiro atoms. The molecule has 0 atom stereocenters. The highest BCUT2D eigenvalue weighted by molar-refractivity contribution is 6.05. The van der Waals surface area contributed by atoms with Gasteiger partial charge in [0.25, 0.3) is 11.5 Å². The van der Waals surface area contributed by atoms with Crippen molar-refractivity contribution in [3.05, 3.63) is 70.4 Å². The number of carbonyl (C=O) groups is 1. The molecule has 1 N–H and O–H groups in total. The zero-order valence-electron chi connectivity index (χ0n) is 13.2. The van der Waals surface area contributed by atoms with Crippen LogP contribution in [0.15, 0.2) is 58.6 Å². The Kier molecular flexibility index (Phi) is 4.15. The number of amides is 1. The number of nitrogens with zero attached hydrogens (tertiary/aromatic N) is 4. The first-order valence-electron chi connectivity index (χ1n) is 7.30. The van der Waals surface area contributed by atoms with Crippen molar-refractivity contribution in [2.24, 2.45) is 12.1 Å². The molecule has 24 heavy (non-hydrogen) atoms. The molecule has 0 aliphatic carbocycles. The number of rotatable bonds is 3.